The molecule has 0 aromatic carbocycles. The van der Waals surface area contributed by atoms with Gasteiger partial charge in [-0.05, 0) is 37.5 Å². The van der Waals surface area contributed by atoms with Gasteiger partial charge in [0.05, 0.1) is 5.54 Å². The van der Waals surface area contributed by atoms with Gasteiger partial charge in [0.25, 0.3) is 0 Å². The van der Waals surface area contributed by atoms with E-state index in [2.05, 4.69) is 5.32 Å². The molecule has 1 amide bonds. The van der Waals surface area contributed by atoms with Crippen molar-refractivity contribution in [3.05, 3.63) is 0 Å². The van der Waals surface area contributed by atoms with Gasteiger partial charge in [0.1, 0.15) is 0 Å². The van der Waals surface area contributed by atoms with Crippen LogP contribution in [0.2, 0.25) is 0 Å². The van der Waals surface area contributed by atoms with Gasteiger partial charge in [-0.3, -0.25) is 4.79 Å². The molecular weight excluding hydrogens is 228 g/mol. The summed E-state index contributed by atoms with van der Waals surface area (Å²) in [5.41, 5.74) is 5.50. The first-order valence-corrected chi connectivity index (χ1v) is 7.34. The molecule has 2 unspecified atom stereocenters. The molecule has 2 aliphatic carbocycles. The molecule has 4 nitrogen and oxygen atoms in total. The largest absolute Gasteiger partial charge is 0.396 e. The van der Waals surface area contributed by atoms with Gasteiger partial charge >= 0.3 is 0 Å². The van der Waals surface area contributed by atoms with E-state index in [1.165, 1.54) is 12.8 Å². The molecule has 18 heavy (non-hydrogen) atoms. The number of rotatable bonds is 4. The van der Waals surface area contributed by atoms with Crippen molar-refractivity contribution in [2.45, 2.75) is 56.9 Å². The summed E-state index contributed by atoms with van der Waals surface area (Å²) < 4.78 is 0. The normalized spacial score (nSPS) is 31.2. The van der Waals surface area contributed by atoms with Crippen molar-refractivity contribution >= 4 is 5.91 Å². The Balaban J connectivity index is 1.81. The number of nitrogens with two attached hydrogens (primary N) is 1. The minimum atomic E-state index is -0.622. The van der Waals surface area contributed by atoms with Crippen molar-refractivity contribution in [1.29, 1.82) is 0 Å². The first-order valence-electron chi connectivity index (χ1n) is 7.34. The number of hydrogen-bond donors (Lipinski definition) is 3. The summed E-state index contributed by atoms with van der Waals surface area (Å²) >= 11 is 0. The van der Waals surface area contributed by atoms with Crippen molar-refractivity contribution in [3.8, 4) is 0 Å². The van der Waals surface area contributed by atoms with E-state index in [4.69, 9.17) is 5.73 Å². The van der Waals surface area contributed by atoms with E-state index < -0.39 is 5.54 Å². The molecule has 2 saturated carbocycles. The van der Waals surface area contributed by atoms with Crippen molar-refractivity contribution < 1.29 is 9.90 Å². The molecule has 0 radical (unpaired) electrons. The van der Waals surface area contributed by atoms with Crippen molar-refractivity contribution in [2.24, 2.45) is 17.6 Å². The summed E-state index contributed by atoms with van der Waals surface area (Å²) in [5, 5.41) is 12.4. The third-order valence-electron chi connectivity index (χ3n) is 4.77. The van der Waals surface area contributed by atoms with Crippen LogP contribution < -0.4 is 11.1 Å². The molecule has 0 aromatic heterocycles. The van der Waals surface area contributed by atoms with E-state index in [-0.39, 0.29) is 12.5 Å². The second-order valence-corrected chi connectivity index (χ2v) is 6.06. The molecule has 0 aliphatic heterocycles. The van der Waals surface area contributed by atoms with Gasteiger partial charge in [0.15, 0.2) is 0 Å². The number of amides is 1. The molecule has 2 aliphatic rings. The highest BCUT2D eigenvalue weighted by atomic mass is 16.3. The van der Waals surface area contributed by atoms with Crippen LogP contribution in [0.25, 0.3) is 0 Å². The Morgan fingerprint density at radius 1 is 1.17 bits per heavy atom. The maximum atomic E-state index is 12.1. The van der Waals surface area contributed by atoms with Crippen LogP contribution in [0, 0.1) is 11.8 Å². The zero-order valence-electron chi connectivity index (χ0n) is 11.2. The molecule has 104 valence electrons. The second-order valence-electron chi connectivity index (χ2n) is 6.06. The van der Waals surface area contributed by atoms with Gasteiger partial charge in [0.2, 0.25) is 5.91 Å². The monoisotopic (exact) mass is 254 g/mol. The van der Waals surface area contributed by atoms with Crippen LogP contribution in [-0.2, 0) is 4.79 Å². The Labute approximate surface area is 109 Å². The molecule has 0 spiro atoms. The summed E-state index contributed by atoms with van der Waals surface area (Å²) in [6, 6.07) is 0. The lowest BCUT2D eigenvalue weighted by Crippen LogP contribution is -2.53. The van der Waals surface area contributed by atoms with Crippen LogP contribution in [-0.4, -0.2) is 29.7 Å². The van der Waals surface area contributed by atoms with Crippen LogP contribution >= 0.6 is 0 Å². The fourth-order valence-corrected chi connectivity index (χ4v) is 3.43. The van der Waals surface area contributed by atoms with Gasteiger partial charge in [-0.15, -0.1) is 0 Å². The maximum Gasteiger partial charge on any atom is 0.240 e. The Morgan fingerprint density at radius 2 is 1.78 bits per heavy atom. The molecule has 0 saturated heterocycles. The van der Waals surface area contributed by atoms with Crippen LogP contribution in [0.5, 0.6) is 0 Å². The zero-order chi connectivity index (χ0) is 13.0. The summed E-state index contributed by atoms with van der Waals surface area (Å²) in [6.07, 6.45) is 8.37. The lowest BCUT2D eigenvalue weighted by molar-refractivity contribution is -0.126. The Kier molecular flexibility index (Phi) is 4.62. The Bertz CT molecular complexity index is 288. The third-order valence-corrected chi connectivity index (χ3v) is 4.77. The van der Waals surface area contributed by atoms with Gasteiger partial charge in [-0.1, -0.05) is 25.7 Å². The number of hydrogen-bond acceptors (Lipinski definition) is 3. The number of nitrogens with one attached hydrogen (secondary N) is 1. The van der Waals surface area contributed by atoms with Crippen LogP contribution in [0.15, 0.2) is 0 Å². The average molecular weight is 254 g/mol. The first kappa shape index (κ1) is 13.8. The summed E-state index contributed by atoms with van der Waals surface area (Å²) in [6.45, 7) is 0.928. The number of carbonyl (C=O) groups excluding carboxylic acids is 1. The van der Waals surface area contributed by atoms with Gasteiger partial charge in [0, 0.05) is 13.2 Å². The molecule has 2 rings (SSSR count). The molecule has 4 heteroatoms. The third kappa shape index (κ3) is 3.04. The molecule has 0 heterocycles. The van der Waals surface area contributed by atoms with Crippen LogP contribution in [0.3, 0.4) is 0 Å². The van der Waals surface area contributed by atoms with Gasteiger partial charge < -0.3 is 16.2 Å². The first-order chi connectivity index (χ1) is 8.65. The van der Waals surface area contributed by atoms with E-state index >= 15 is 0 Å². The fourth-order valence-electron chi connectivity index (χ4n) is 3.43. The van der Waals surface area contributed by atoms with E-state index in [0.717, 1.165) is 38.5 Å². The number of carbonyl (C=O) groups is 1. The highest BCUT2D eigenvalue weighted by Crippen LogP contribution is 2.30. The summed E-state index contributed by atoms with van der Waals surface area (Å²) in [7, 11) is 0. The fraction of sp³-hybridized carbons (Fsp3) is 0.929. The Morgan fingerprint density at radius 3 is 2.39 bits per heavy atom. The SMILES string of the molecule is NC1(C(=O)NCC2CCCCC2CO)CCCC1. The topological polar surface area (TPSA) is 75.4 Å². The minimum absolute atomic E-state index is 0.0160. The smallest absolute Gasteiger partial charge is 0.240 e. The molecular formula is C14H26N2O2. The van der Waals surface area contributed by atoms with E-state index in [9.17, 15) is 9.90 Å². The van der Waals surface area contributed by atoms with Gasteiger partial charge in [-0.2, -0.15) is 0 Å². The highest BCUT2D eigenvalue weighted by molar-refractivity contribution is 5.86. The highest BCUT2D eigenvalue weighted by Gasteiger charge is 2.37. The Hall–Kier alpha value is -0.610. The summed E-state index contributed by atoms with van der Waals surface area (Å²) in [4.78, 5) is 12.1. The van der Waals surface area contributed by atoms with Gasteiger partial charge in [-0.25, -0.2) is 0 Å². The predicted octanol–water partition coefficient (Wildman–Crippen LogP) is 1.17. The van der Waals surface area contributed by atoms with E-state index in [1.807, 2.05) is 0 Å². The predicted molar refractivity (Wildman–Crippen MR) is 70.9 cm³/mol. The molecule has 2 fully saturated rings. The molecule has 0 aromatic rings. The quantitative estimate of drug-likeness (QED) is 0.705. The lowest BCUT2D eigenvalue weighted by Gasteiger charge is -2.31. The van der Waals surface area contributed by atoms with Crippen molar-refractivity contribution in [1.82, 2.24) is 5.32 Å². The second kappa shape index (κ2) is 6.02. The van der Waals surface area contributed by atoms with Crippen molar-refractivity contribution in [3.63, 3.8) is 0 Å². The van der Waals surface area contributed by atoms with Crippen LogP contribution in [0.4, 0.5) is 0 Å². The molecule has 2 atom stereocenters. The standard InChI is InChI=1S/C14H26N2O2/c15-14(7-3-4-8-14)13(18)16-9-11-5-1-2-6-12(11)10-17/h11-12,17H,1-10,15H2,(H,16,18). The molecule has 0 bridgehead atoms. The van der Waals surface area contributed by atoms with Crippen molar-refractivity contribution in [2.75, 3.05) is 13.2 Å². The average Bonchev–Trinajstić information content (AvgIpc) is 2.84. The van der Waals surface area contributed by atoms with E-state index in [1.54, 1.807) is 0 Å². The van der Waals surface area contributed by atoms with Crippen LogP contribution in [0.1, 0.15) is 51.4 Å². The minimum Gasteiger partial charge on any atom is -0.396 e. The lowest BCUT2D eigenvalue weighted by atomic mass is 9.79. The summed E-state index contributed by atoms with van der Waals surface area (Å²) in [5.74, 6) is 0.802. The maximum absolute atomic E-state index is 12.1. The molecule has 4 N–H and O–H groups in total. The number of aliphatic hydroxyl groups excluding tert-OH is 1. The number of aliphatic hydroxyl groups is 1. The zero-order valence-corrected chi connectivity index (χ0v) is 11.2. The van der Waals surface area contributed by atoms with E-state index in [0.29, 0.717) is 18.4 Å².